The lowest BCUT2D eigenvalue weighted by Gasteiger charge is -2.10. The Labute approximate surface area is 130 Å². The van der Waals surface area contributed by atoms with E-state index in [9.17, 15) is 8.42 Å². The van der Waals surface area contributed by atoms with E-state index in [4.69, 9.17) is 9.29 Å². The minimum absolute atomic E-state index is 0.230. The Hall–Kier alpha value is -2.05. The second-order valence-corrected chi connectivity index (χ2v) is 6.58. The summed E-state index contributed by atoms with van der Waals surface area (Å²) >= 11 is 0. The van der Waals surface area contributed by atoms with Crippen LogP contribution in [0.15, 0.2) is 48.5 Å². The summed E-state index contributed by atoms with van der Waals surface area (Å²) in [6.45, 7) is 2.26. The van der Waals surface area contributed by atoms with Gasteiger partial charge in [-0.1, -0.05) is 23.8 Å². The SMILES string of the molecule is Cc1ccc(Nc2cccc(OCCCS(=O)(=O)O)c2)cc1. The molecule has 0 aromatic heterocycles. The third-order valence-corrected chi connectivity index (χ3v) is 3.79. The summed E-state index contributed by atoms with van der Waals surface area (Å²) in [7, 11) is -3.92. The van der Waals surface area contributed by atoms with Gasteiger partial charge in [0.25, 0.3) is 10.1 Å². The number of nitrogens with one attached hydrogen (secondary N) is 1. The van der Waals surface area contributed by atoms with E-state index in [1.807, 2.05) is 49.4 Å². The molecule has 22 heavy (non-hydrogen) atoms. The van der Waals surface area contributed by atoms with Gasteiger partial charge >= 0.3 is 0 Å². The molecule has 118 valence electrons. The lowest BCUT2D eigenvalue weighted by atomic mass is 10.2. The van der Waals surface area contributed by atoms with Crippen molar-refractivity contribution in [2.45, 2.75) is 13.3 Å². The number of rotatable bonds is 7. The minimum atomic E-state index is -3.92. The van der Waals surface area contributed by atoms with Crippen molar-refractivity contribution in [3.8, 4) is 5.75 Å². The molecule has 0 spiro atoms. The average Bonchev–Trinajstić information content (AvgIpc) is 2.46. The van der Waals surface area contributed by atoms with Gasteiger partial charge in [0.1, 0.15) is 5.75 Å². The molecule has 2 N–H and O–H groups in total. The summed E-state index contributed by atoms with van der Waals surface area (Å²) in [5, 5.41) is 3.27. The van der Waals surface area contributed by atoms with Crippen molar-refractivity contribution < 1.29 is 17.7 Å². The molecule has 2 aromatic rings. The Morgan fingerprint density at radius 3 is 2.50 bits per heavy atom. The van der Waals surface area contributed by atoms with Gasteiger partial charge in [-0.3, -0.25) is 4.55 Å². The van der Waals surface area contributed by atoms with E-state index < -0.39 is 10.1 Å². The molecule has 5 nitrogen and oxygen atoms in total. The quantitative estimate of drug-likeness (QED) is 0.604. The van der Waals surface area contributed by atoms with Gasteiger partial charge in [0, 0.05) is 17.4 Å². The third kappa shape index (κ3) is 5.75. The standard InChI is InChI=1S/C16H19NO4S/c1-13-6-8-14(9-7-13)17-15-4-2-5-16(12-15)21-10-3-11-22(18,19)20/h2,4-9,12,17H,3,10-11H2,1H3,(H,18,19,20). The molecular weight excluding hydrogens is 302 g/mol. The van der Waals surface area contributed by atoms with E-state index in [1.165, 1.54) is 5.56 Å². The lowest BCUT2D eigenvalue weighted by Crippen LogP contribution is -2.08. The second kappa shape index (κ2) is 7.29. The van der Waals surface area contributed by atoms with Crippen LogP contribution in [0.1, 0.15) is 12.0 Å². The minimum Gasteiger partial charge on any atom is -0.493 e. The van der Waals surface area contributed by atoms with Gasteiger partial charge in [0.2, 0.25) is 0 Å². The normalized spacial score (nSPS) is 11.2. The van der Waals surface area contributed by atoms with Crippen LogP contribution in [0.5, 0.6) is 5.75 Å². The molecule has 0 aliphatic rings. The number of ether oxygens (including phenoxy) is 1. The van der Waals surface area contributed by atoms with Crippen molar-refractivity contribution in [3.05, 3.63) is 54.1 Å². The van der Waals surface area contributed by atoms with Gasteiger partial charge in [-0.05, 0) is 37.6 Å². The number of anilines is 2. The van der Waals surface area contributed by atoms with E-state index in [0.717, 1.165) is 11.4 Å². The van der Waals surface area contributed by atoms with E-state index in [1.54, 1.807) is 6.07 Å². The van der Waals surface area contributed by atoms with E-state index in [2.05, 4.69) is 5.32 Å². The topological polar surface area (TPSA) is 75.6 Å². The maximum absolute atomic E-state index is 10.6. The molecule has 0 heterocycles. The molecule has 0 saturated carbocycles. The summed E-state index contributed by atoms with van der Waals surface area (Å²) in [6.07, 6.45) is 0.244. The first kappa shape index (κ1) is 16.3. The van der Waals surface area contributed by atoms with Crippen molar-refractivity contribution in [2.75, 3.05) is 17.7 Å². The molecular formula is C16H19NO4S. The molecule has 2 aromatic carbocycles. The number of benzene rings is 2. The third-order valence-electron chi connectivity index (χ3n) is 2.99. The number of hydrogen-bond donors (Lipinski definition) is 2. The summed E-state index contributed by atoms with van der Waals surface area (Å²) in [4.78, 5) is 0. The first-order valence-electron chi connectivity index (χ1n) is 6.94. The highest BCUT2D eigenvalue weighted by Gasteiger charge is 2.04. The Morgan fingerprint density at radius 2 is 1.82 bits per heavy atom. The molecule has 0 fully saturated rings. The monoisotopic (exact) mass is 321 g/mol. The Balaban J connectivity index is 1.91. The molecule has 0 aliphatic carbocycles. The van der Waals surface area contributed by atoms with E-state index in [0.29, 0.717) is 5.75 Å². The average molecular weight is 321 g/mol. The van der Waals surface area contributed by atoms with Crippen LogP contribution in [-0.2, 0) is 10.1 Å². The molecule has 2 rings (SSSR count). The van der Waals surface area contributed by atoms with Gasteiger partial charge in [0.05, 0.1) is 12.4 Å². The van der Waals surface area contributed by atoms with Crippen LogP contribution in [0.25, 0.3) is 0 Å². The molecule has 0 atom stereocenters. The number of aryl methyl sites for hydroxylation is 1. The lowest BCUT2D eigenvalue weighted by molar-refractivity contribution is 0.316. The van der Waals surface area contributed by atoms with Gasteiger partial charge in [-0.25, -0.2) is 0 Å². The van der Waals surface area contributed by atoms with Crippen LogP contribution in [0.2, 0.25) is 0 Å². The fraction of sp³-hybridized carbons (Fsp3) is 0.250. The fourth-order valence-corrected chi connectivity index (χ4v) is 2.38. The van der Waals surface area contributed by atoms with Crippen molar-refractivity contribution in [1.29, 1.82) is 0 Å². The molecule has 6 heteroatoms. The van der Waals surface area contributed by atoms with E-state index in [-0.39, 0.29) is 18.8 Å². The summed E-state index contributed by atoms with van der Waals surface area (Å²) < 4.78 is 35.4. The van der Waals surface area contributed by atoms with Crippen LogP contribution < -0.4 is 10.1 Å². The number of hydrogen-bond acceptors (Lipinski definition) is 4. The fourth-order valence-electron chi connectivity index (χ4n) is 1.90. The van der Waals surface area contributed by atoms with Gasteiger partial charge in [0.15, 0.2) is 0 Å². The van der Waals surface area contributed by atoms with Crippen molar-refractivity contribution in [3.63, 3.8) is 0 Å². The van der Waals surface area contributed by atoms with Gasteiger partial charge in [-0.2, -0.15) is 8.42 Å². The molecule has 0 unspecified atom stereocenters. The molecule has 0 bridgehead atoms. The van der Waals surface area contributed by atoms with E-state index >= 15 is 0 Å². The van der Waals surface area contributed by atoms with Gasteiger partial charge < -0.3 is 10.1 Å². The van der Waals surface area contributed by atoms with Crippen LogP contribution in [0.3, 0.4) is 0 Å². The highest BCUT2D eigenvalue weighted by Crippen LogP contribution is 2.21. The van der Waals surface area contributed by atoms with Gasteiger partial charge in [-0.15, -0.1) is 0 Å². The molecule has 0 aliphatic heterocycles. The van der Waals surface area contributed by atoms with Crippen LogP contribution in [-0.4, -0.2) is 25.3 Å². The summed E-state index contributed by atoms with van der Waals surface area (Å²) in [5.41, 5.74) is 3.06. The zero-order chi connectivity index (χ0) is 16.0. The van der Waals surface area contributed by atoms with Crippen molar-refractivity contribution in [1.82, 2.24) is 0 Å². The predicted octanol–water partition coefficient (Wildman–Crippen LogP) is 3.40. The maximum atomic E-state index is 10.6. The highest BCUT2D eigenvalue weighted by molar-refractivity contribution is 7.85. The van der Waals surface area contributed by atoms with Crippen molar-refractivity contribution >= 4 is 21.5 Å². The van der Waals surface area contributed by atoms with Crippen molar-refractivity contribution in [2.24, 2.45) is 0 Å². The molecule has 0 radical (unpaired) electrons. The Morgan fingerprint density at radius 1 is 1.09 bits per heavy atom. The Bertz CT molecular complexity index is 711. The highest BCUT2D eigenvalue weighted by atomic mass is 32.2. The Kier molecular flexibility index (Phi) is 5.41. The summed E-state index contributed by atoms with van der Waals surface area (Å²) in [5.74, 6) is 0.348. The molecule has 0 amide bonds. The summed E-state index contributed by atoms with van der Waals surface area (Å²) in [6, 6.07) is 15.5. The largest absolute Gasteiger partial charge is 0.493 e. The molecule has 0 saturated heterocycles. The zero-order valence-electron chi connectivity index (χ0n) is 12.3. The van der Waals surface area contributed by atoms with Crippen LogP contribution >= 0.6 is 0 Å². The first-order chi connectivity index (χ1) is 10.4. The maximum Gasteiger partial charge on any atom is 0.264 e. The predicted molar refractivity (Wildman–Crippen MR) is 87.4 cm³/mol. The van der Waals surface area contributed by atoms with Crippen LogP contribution in [0.4, 0.5) is 11.4 Å². The smallest absolute Gasteiger partial charge is 0.264 e. The zero-order valence-corrected chi connectivity index (χ0v) is 13.1. The second-order valence-electron chi connectivity index (χ2n) is 5.01. The van der Waals surface area contributed by atoms with Crippen LogP contribution in [0, 0.1) is 6.92 Å². The first-order valence-corrected chi connectivity index (χ1v) is 8.55.